The lowest BCUT2D eigenvalue weighted by Crippen LogP contribution is -2.16. The van der Waals surface area contributed by atoms with Crippen LogP contribution in [0.3, 0.4) is 0 Å². The van der Waals surface area contributed by atoms with E-state index in [4.69, 9.17) is 4.74 Å². The predicted octanol–water partition coefficient (Wildman–Crippen LogP) is 4.15. The number of thiophene rings is 1. The highest BCUT2D eigenvalue weighted by Gasteiger charge is 2.13. The molecule has 1 heterocycles. The molecule has 0 spiro atoms. The number of ether oxygens (including phenoxy) is 1. The van der Waals surface area contributed by atoms with Crippen LogP contribution in [0.25, 0.3) is 0 Å². The van der Waals surface area contributed by atoms with E-state index in [0.717, 1.165) is 18.8 Å². The van der Waals surface area contributed by atoms with Gasteiger partial charge >= 0.3 is 0 Å². The molecule has 0 aliphatic rings. The fourth-order valence-electron chi connectivity index (χ4n) is 2.06. The number of aryl methyl sites for hydroxylation is 1. The van der Waals surface area contributed by atoms with E-state index in [2.05, 4.69) is 55.6 Å². The maximum atomic E-state index is 5.62. The third-order valence-electron chi connectivity index (χ3n) is 3.02. The smallest absolute Gasteiger partial charge is 0.119 e. The Morgan fingerprint density at radius 1 is 1.16 bits per heavy atom. The van der Waals surface area contributed by atoms with Crippen molar-refractivity contribution in [3.8, 4) is 5.75 Å². The molecule has 19 heavy (non-hydrogen) atoms. The van der Waals surface area contributed by atoms with Gasteiger partial charge in [-0.3, -0.25) is 0 Å². The molecular formula is C16H21NOS. The molecule has 3 heteroatoms. The van der Waals surface area contributed by atoms with Gasteiger partial charge in [0.1, 0.15) is 5.75 Å². The van der Waals surface area contributed by atoms with Crippen LogP contribution in [0.1, 0.15) is 34.7 Å². The second kappa shape index (κ2) is 6.73. The average molecular weight is 275 g/mol. The number of rotatable bonds is 6. The number of hydrogen-bond donors (Lipinski definition) is 1. The van der Waals surface area contributed by atoms with Gasteiger partial charge in [0.25, 0.3) is 0 Å². The van der Waals surface area contributed by atoms with Gasteiger partial charge in [0, 0.05) is 9.75 Å². The van der Waals surface area contributed by atoms with Gasteiger partial charge in [0.2, 0.25) is 0 Å². The monoisotopic (exact) mass is 275 g/mol. The first kappa shape index (κ1) is 14.1. The summed E-state index contributed by atoms with van der Waals surface area (Å²) in [5, 5.41) is 3.38. The molecule has 0 aliphatic heterocycles. The van der Waals surface area contributed by atoms with Gasteiger partial charge in [-0.1, -0.05) is 19.1 Å². The SMILES string of the molecule is CCCOc1ccc(C(NC)c2ccc(C)s2)cc1. The molecule has 1 aromatic carbocycles. The van der Waals surface area contributed by atoms with E-state index in [0.29, 0.717) is 0 Å². The summed E-state index contributed by atoms with van der Waals surface area (Å²) in [7, 11) is 2.00. The minimum atomic E-state index is 0.263. The number of benzene rings is 1. The zero-order valence-corrected chi connectivity index (χ0v) is 12.6. The van der Waals surface area contributed by atoms with Crippen molar-refractivity contribution in [2.75, 3.05) is 13.7 Å². The van der Waals surface area contributed by atoms with Gasteiger partial charge < -0.3 is 10.1 Å². The Labute approximate surface area is 119 Å². The molecule has 1 unspecified atom stereocenters. The molecule has 0 saturated carbocycles. The Morgan fingerprint density at radius 3 is 2.42 bits per heavy atom. The average Bonchev–Trinajstić information content (AvgIpc) is 2.85. The topological polar surface area (TPSA) is 21.3 Å². The summed E-state index contributed by atoms with van der Waals surface area (Å²) < 4.78 is 5.62. The Hall–Kier alpha value is -1.32. The highest BCUT2D eigenvalue weighted by Crippen LogP contribution is 2.29. The molecule has 1 N–H and O–H groups in total. The van der Waals surface area contributed by atoms with E-state index in [9.17, 15) is 0 Å². The molecule has 0 saturated heterocycles. The Morgan fingerprint density at radius 2 is 1.89 bits per heavy atom. The molecule has 102 valence electrons. The maximum absolute atomic E-state index is 5.62. The normalized spacial score (nSPS) is 12.4. The van der Waals surface area contributed by atoms with Crippen molar-refractivity contribution in [2.24, 2.45) is 0 Å². The van der Waals surface area contributed by atoms with E-state index >= 15 is 0 Å². The third-order valence-corrected chi connectivity index (χ3v) is 4.09. The summed E-state index contributed by atoms with van der Waals surface area (Å²) in [4.78, 5) is 2.69. The Bertz CT molecular complexity index is 504. The highest BCUT2D eigenvalue weighted by molar-refractivity contribution is 7.12. The quantitative estimate of drug-likeness (QED) is 0.855. The van der Waals surface area contributed by atoms with Crippen molar-refractivity contribution in [3.63, 3.8) is 0 Å². The summed E-state index contributed by atoms with van der Waals surface area (Å²) in [6.45, 7) is 5.03. The van der Waals surface area contributed by atoms with Crippen LogP contribution in [-0.2, 0) is 0 Å². The van der Waals surface area contributed by atoms with E-state index in [1.54, 1.807) is 0 Å². The van der Waals surface area contributed by atoms with Crippen LogP contribution in [0, 0.1) is 6.92 Å². The lowest BCUT2D eigenvalue weighted by Gasteiger charge is -2.15. The van der Waals surface area contributed by atoms with Crippen molar-refractivity contribution in [3.05, 3.63) is 51.7 Å². The number of nitrogens with one attached hydrogen (secondary N) is 1. The molecule has 0 bridgehead atoms. The fourth-order valence-corrected chi connectivity index (χ4v) is 3.07. The molecule has 0 amide bonds. The molecule has 1 aromatic heterocycles. The second-order valence-corrected chi connectivity index (χ2v) is 5.91. The molecule has 0 radical (unpaired) electrons. The minimum Gasteiger partial charge on any atom is -0.494 e. The zero-order chi connectivity index (χ0) is 13.7. The van der Waals surface area contributed by atoms with Crippen LogP contribution in [0.2, 0.25) is 0 Å². The predicted molar refractivity (Wildman–Crippen MR) is 82.2 cm³/mol. The lowest BCUT2D eigenvalue weighted by molar-refractivity contribution is 0.317. The van der Waals surface area contributed by atoms with Crippen LogP contribution in [0.15, 0.2) is 36.4 Å². The van der Waals surface area contributed by atoms with Crippen LogP contribution in [0.4, 0.5) is 0 Å². The second-order valence-electron chi connectivity index (χ2n) is 4.59. The summed E-state index contributed by atoms with van der Waals surface area (Å²) in [5.41, 5.74) is 1.27. The third kappa shape index (κ3) is 3.58. The molecule has 1 atom stereocenters. The fraction of sp³-hybridized carbons (Fsp3) is 0.375. The van der Waals surface area contributed by atoms with Crippen LogP contribution < -0.4 is 10.1 Å². The first-order valence-corrected chi connectivity index (χ1v) is 7.52. The molecule has 2 rings (SSSR count). The largest absolute Gasteiger partial charge is 0.494 e. The van der Waals surface area contributed by atoms with Gasteiger partial charge in [-0.2, -0.15) is 0 Å². The van der Waals surface area contributed by atoms with Gasteiger partial charge in [0.05, 0.1) is 12.6 Å². The van der Waals surface area contributed by atoms with Crippen LogP contribution in [0.5, 0.6) is 5.75 Å². The Balaban J connectivity index is 2.15. The first-order valence-electron chi connectivity index (χ1n) is 6.71. The maximum Gasteiger partial charge on any atom is 0.119 e. The Kier molecular flexibility index (Phi) is 5.00. The van der Waals surface area contributed by atoms with Crippen molar-refractivity contribution in [2.45, 2.75) is 26.3 Å². The lowest BCUT2D eigenvalue weighted by atomic mass is 10.1. The van der Waals surface area contributed by atoms with E-state index < -0.39 is 0 Å². The van der Waals surface area contributed by atoms with Crippen LogP contribution >= 0.6 is 11.3 Å². The van der Waals surface area contributed by atoms with Crippen molar-refractivity contribution >= 4 is 11.3 Å². The summed E-state index contributed by atoms with van der Waals surface area (Å²) >= 11 is 1.84. The van der Waals surface area contributed by atoms with Crippen molar-refractivity contribution in [1.29, 1.82) is 0 Å². The van der Waals surface area contributed by atoms with Gasteiger partial charge in [-0.25, -0.2) is 0 Å². The summed E-state index contributed by atoms with van der Waals surface area (Å²) in [6, 6.07) is 13.0. The van der Waals surface area contributed by atoms with E-state index in [1.807, 2.05) is 18.4 Å². The molecule has 0 aliphatic carbocycles. The molecule has 2 nitrogen and oxygen atoms in total. The molecule has 0 fully saturated rings. The molecular weight excluding hydrogens is 254 g/mol. The first-order chi connectivity index (χ1) is 9.24. The summed E-state index contributed by atoms with van der Waals surface area (Å²) in [5.74, 6) is 0.947. The van der Waals surface area contributed by atoms with Crippen molar-refractivity contribution in [1.82, 2.24) is 5.32 Å². The zero-order valence-electron chi connectivity index (χ0n) is 11.8. The van der Waals surface area contributed by atoms with Gasteiger partial charge in [-0.05, 0) is 50.2 Å². The molecule has 2 aromatic rings. The minimum absolute atomic E-state index is 0.263. The van der Waals surface area contributed by atoms with E-state index in [-0.39, 0.29) is 6.04 Å². The highest BCUT2D eigenvalue weighted by atomic mass is 32.1. The van der Waals surface area contributed by atoms with E-state index in [1.165, 1.54) is 15.3 Å². The van der Waals surface area contributed by atoms with Gasteiger partial charge in [-0.15, -0.1) is 11.3 Å². The van der Waals surface area contributed by atoms with Crippen LogP contribution in [-0.4, -0.2) is 13.7 Å². The number of hydrogen-bond acceptors (Lipinski definition) is 3. The summed E-state index contributed by atoms with van der Waals surface area (Å²) in [6.07, 6.45) is 1.04. The van der Waals surface area contributed by atoms with Crippen molar-refractivity contribution < 1.29 is 4.74 Å². The standard InChI is InChI=1S/C16H21NOS/c1-4-11-18-14-8-6-13(7-9-14)16(17-3)15-10-5-12(2)19-15/h5-10,16-17H,4,11H2,1-3H3. The van der Waals surface area contributed by atoms with Gasteiger partial charge in [0.15, 0.2) is 0 Å².